The number of rotatable bonds is 12. The summed E-state index contributed by atoms with van der Waals surface area (Å²) < 4.78 is 0. The molecule has 168 valence electrons. The van der Waals surface area contributed by atoms with Crippen molar-refractivity contribution in [3.63, 3.8) is 0 Å². The highest BCUT2D eigenvalue weighted by Gasteiger charge is 2.15. The first kappa shape index (κ1) is 33.7. The quantitative estimate of drug-likeness (QED) is 0.265. The minimum absolute atomic E-state index is 0.0144. The predicted octanol–water partition coefficient (Wildman–Crippen LogP) is 5.25. The second-order valence-electron chi connectivity index (χ2n) is 5.44. The molecule has 1 atom stereocenters. The van der Waals surface area contributed by atoms with Crippen LogP contribution < -0.4 is 16.4 Å². The highest BCUT2D eigenvalue weighted by atomic mass is 16.4. The van der Waals surface area contributed by atoms with Crippen LogP contribution in [0.1, 0.15) is 86.5 Å². The van der Waals surface area contributed by atoms with Gasteiger partial charge in [-0.15, -0.1) is 6.58 Å². The lowest BCUT2D eigenvalue weighted by molar-refractivity contribution is -0.137. The van der Waals surface area contributed by atoms with Gasteiger partial charge in [0.2, 0.25) is 0 Å². The van der Waals surface area contributed by atoms with Gasteiger partial charge in [-0.05, 0) is 38.6 Å². The van der Waals surface area contributed by atoms with Gasteiger partial charge in [0.05, 0.1) is 6.04 Å². The van der Waals surface area contributed by atoms with E-state index < -0.39 is 5.97 Å². The summed E-state index contributed by atoms with van der Waals surface area (Å²) in [5.74, 6) is -0.872. The van der Waals surface area contributed by atoms with Crippen LogP contribution in [0.3, 0.4) is 0 Å². The van der Waals surface area contributed by atoms with Crippen LogP contribution in [-0.2, 0) is 4.79 Å². The number of carbonyl (C=O) groups is 2. The molecule has 5 N–H and O–H groups in total. The summed E-state index contributed by atoms with van der Waals surface area (Å²) in [5, 5.41) is 14.2. The average molecular weight is 402 g/mol. The van der Waals surface area contributed by atoms with E-state index in [1.165, 1.54) is 0 Å². The first-order valence-corrected chi connectivity index (χ1v) is 10.7. The zero-order valence-electron chi connectivity index (χ0n) is 19.3. The van der Waals surface area contributed by atoms with Crippen LogP contribution >= 0.6 is 0 Å². The number of unbranched alkanes of at least 4 members (excludes halogenated alkanes) is 2. The van der Waals surface area contributed by atoms with E-state index in [1.54, 1.807) is 0 Å². The lowest BCUT2D eigenvalue weighted by atomic mass is 10.0. The monoisotopic (exact) mass is 401 g/mol. The summed E-state index contributed by atoms with van der Waals surface area (Å²) in [6.45, 7) is 20.6. The first-order valence-electron chi connectivity index (χ1n) is 10.7. The van der Waals surface area contributed by atoms with Gasteiger partial charge < -0.3 is 21.5 Å². The number of amides is 2. The lowest BCUT2D eigenvalue weighted by Gasteiger charge is -2.20. The molecule has 0 aromatic heterocycles. The Hall–Kier alpha value is -1.82. The van der Waals surface area contributed by atoms with E-state index in [0.29, 0.717) is 25.9 Å². The number of carboxylic acids is 1. The van der Waals surface area contributed by atoms with Gasteiger partial charge in [-0.2, -0.15) is 0 Å². The van der Waals surface area contributed by atoms with Crippen LogP contribution in [0, 0.1) is 0 Å². The summed E-state index contributed by atoms with van der Waals surface area (Å²) in [7, 11) is 0. The van der Waals surface area contributed by atoms with Gasteiger partial charge in [-0.25, -0.2) is 4.79 Å². The maximum absolute atomic E-state index is 11.7. The molecule has 6 nitrogen and oxygen atoms in total. The number of aliphatic carboxylic acids is 1. The Morgan fingerprint density at radius 2 is 1.64 bits per heavy atom. The smallest absolute Gasteiger partial charge is 0.315 e. The molecule has 0 aliphatic rings. The second-order valence-corrected chi connectivity index (χ2v) is 5.44. The van der Waals surface area contributed by atoms with Crippen molar-refractivity contribution in [3.8, 4) is 0 Å². The van der Waals surface area contributed by atoms with Crippen molar-refractivity contribution in [1.29, 1.82) is 0 Å². The molecule has 0 saturated carbocycles. The Balaban J connectivity index is -0.000000309. The lowest BCUT2D eigenvalue weighted by Crippen LogP contribution is -2.43. The number of nitrogens with one attached hydrogen (secondary N) is 2. The molecule has 0 spiro atoms. The molecule has 0 rings (SSSR count). The third-order valence-electron chi connectivity index (χ3n) is 3.35. The summed E-state index contributed by atoms with van der Waals surface area (Å²) in [4.78, 5) is 22.3. The largest absolute Gasteiger partial charge is 0.481 e. The number of allylic oxidation sites excluding steroid dienone is 1. The fourth-order valence-corrected chi connectivity index (χ4v) is 1.75. The van der Waals surface area contributed by atoms with E-state index >= 15 is 0 Å². The van der Waals surface area contributed by atoms with Crippen molar-refractivity contribution < 1.29 is 14.7 Å². The molecule has 0 saturated heterocycles. The number of urea groups is 1. The van der Waals surface area contributed by atoms with E-state index in [2.05, 4.69) is 30.7 Å². The second kappa shape index (κ2) is 29.9. The highest BCUT2D eigenvalue weighted by Crippen LogP contribution is 2.10. The molecular weight excluding hydrogens is 354 g/mol. The molecule has 0 fully saturated rings. The predicted molar refractivity (Wildman–Crippen MR) is 123 cm³/mol. The van der Waals surface area contributed by atoms with Gasteiger partial charge >= 0.3 is 12.0 Å². The zero-order chi connectivity index (χ0) is 22.8. The molecule has 0 aliphatic carbocycles. The number of nitrogens with two attached hydrogens (primary N) is 1. The Morgan fingerprint density at radius 1 is 1.11 bits per heavy atom. The first-order chi connectivity index (χ1) is 13.4. The fraction of sp³-hybridized carbons (Fsp3) is 0.727. The molecule has 6 heteroatoms. The Bertz CT molecular complexity index is 372. The Morgan fingerprint density at radius 3 is 2.04 bits per heavy atom. The zero-order valence-corrected chi connectivity index (χ0v) is 19.3. The number of carboxylic acid groups (broad SMARTS) is 1. The van der Waals surface area contributed by atoms with Crippen molar-refractivity contribution >= 4 is 12.0 Å². The van der Waals surface area contributed by atoms with E-state index in [0.717, 1.165) is 31.3 Å². The molecule has 0 bridgehead atoms. The number of hydrogen-bond acceptors (Lipinski definition) is 3. The van der Waals surface area contributed by atoms with Gasteiger partial charge in [0.1, 0.15) is 0 Å². The van der Waals surface area contributed by atoms with Crippen LogP contribution in [0.4, 0.5) is 4.79 Å². The van der Waals surface area contributed by atoms with Crippen molar-refractivity contribution in [2.45, 2.75) is 92.5 Å². The molecule has 0 radical (unpaired) electrons. The minimum atomic E-state index is -0.872. The molecule has 1 unspecified atom stereocenters. The number of hydrogen-bond donors (Lipinski definition) is 4. The average Bonchev–Trinajstić information content (AvgIpc) is 2.73. The van der Waals surface area contributed by atoms with E-state index in [4.69, 9.17) is 10.8 Å². The summed E-state index contributed by atoms with van der Waals surface area (Å²) in [5.41, 5.74) is 6.22. The molecule has 0 aromatic carbocycles. The van der Waals surface area contributed by atoms with Gasteiger partial charge in [0.15, 0.2) is 0 Å². The maximum Gasteiger partial charge on any atom is 0.315 e. The maximum atomic E-state index is 11.7. The number of carbonyl (C=O) groups excluding carboxylic acids is 1. The highest BCUT2D eigenvalue weighted by molar-refractivity contribution is 5.74. The van der Waals surface area contributed by atoms with E-state index in [-0.39, 0.29) is 18.5 Å². The van der Waals surface area contributed by atoms with E-state index in [1.807, 2.05) is 40.7 Å². The molecule has 0 aliphatic heterocycles. The SMILES string of the molecule is C=C(CC)C(CCC(=O)O)NC(=O)NCCCCCN.C=CCC.CC.CC. The molecular formula is C22H47N3O3. The van der Waals surface area contributed by atoms with Crippen molar-refractivity contribution in [1.82, 2.24) is 10.6 Å². The van der Waals surface area contributed by atoms with Crippen LogP contribution in [0.15, 0.2) is 24.8 Å². The van der Waals surface area contributed by atoms with Gasteiger partial charge in [-0.3, -0.25) is 4.79 Å². The van der Waals surface area contributed by atoms with Crippen molar-refractivity contribution in [3.05, 3.63) is 24.8 Å². The molecule has 28 heavy (non-hydrogen) atoms. The van der Waals surface area contributed by atoms with Gasteiger partial charge in [0, 0.05) is 13.0 Å². The Labute approximate surface area is 174 Å². The van der Waals surface area contributed by atoms with Gasteiger partial charge in [-0.1, -0.05) is 66.2 Å². The molecule has 0 aromatic rings. The summed E-state index contributed by atoms with van der Waals surface area (Å²) >= 11 is 0. The van der Waals surface area contributed by atoms with Gasteiger partial charge in [0.25, 0.3) is 0 Å². The fourth-order valence-electron chi connectivity index (χ4n) is 1.75. The van der Waals surface area contributed by atoms with Crippen molar-refractivity contribution in [2.24, 2.45) is 5.73 Å². The van der Waals surface area contributed by atoms with Crippen molar-refractivity contribution in [2.75, 3.05) is 13.1 Å². The Kier molecular flexibility index (Phi) is 36.1. The van der Waals surface area contributed by atoms with Crippen LogP contribution in [0.25, 0.3) is 0 Å². The third-order valence-corrected chi connectivity index (χ3v) is 3.35. The molecule has 2 amide bonds. The summed E-state index contributed by atoms with van der Waals surface area (Å²) in [6, 6.07) is -0.567. The third kappa shape index (κ3) is 29.0. The minimum Gasteiger partial charge on any atom is -0.481 e. The normalized spacial score (nSPS) is 9.68. The van der Waals surface area contributed by atoms with Crippen LogP contribution in [-0.4, -0.2) is 36.2 Å². The van der Waals surface area contributed by atoms with E-state index in [9.17, 15) is 9.59 Å². The standard InChI is InChI=1S/C14H27N3O3.C4H8.2C2H6/c1-3-11(2)12(7-8-13(18)19)17-14(20)16-10-6-4-5-9-15;1-3-4-2;2*1-2/h12H,2-10,15H2,1H3,(H,18,19)(H2,16,17,20);3H,1,4H2,2H3;2*1-2H3. The van der Waals surface area contributed by atoms with Crippen LogP contribution in [0.2, 0.25) is 0 Å². The molecule has 0 heterocycles. The topological polar surface area (TPSA) is 104 Å². The summed E-state index contributed by atoms with van der Waals surface area (Å²) in [6.07, 6.45) is 6.88. The van der Waals surface area contributed by atoms with Crippen LogP contribution in [0.5, 0.6) is 0 Å².